The van der Waals surface area contributed by atoms with Crippen molar-refractivity contribution < 1.29 is 19.1 Å². The molecule has 1 aromatic rings. The summed E-state index contributed by atoms with van der Waals surface area (Å²) >= 11 is 0. The second-order valence-corrected chi connectivity index (χ2v) is 8.11. The van der Waals surface area contributed by atoms with Crippen molar-refractivity contribution >= 4 is 11.8 Å². The van der Waals surface area contributed by atoms with Crippen molar-refractivity contribution in [2.75, 3.05) is 39.4 Å². The van der Waals surface area contributed by atoms with Crippen LogP contribution in [0.5, 0.6) is 5.75 Å². The Balaban J connectivity index is 1.77. The average Bonchev–Trinajstić information content (AvgIpc) is 2.69. The molecular weight excluding hydrogens is 370 g/mol. The minimum atomic E-state index is -0.275. The Labute approximate surface area is 174 Å². The van der Waals surface area contributed by atoms with Crippen molar-refractivity contribution in [1.82, 2.24) is 15.5 Å². The molecule has 1 heterocycles. The Bertz CT molecular complexity index is 640. The number of carbonyl (C=O) groups is 2. The Morgan fingerprint density at radius 3 is 2.31 bits per heavy atom. The van der Waals surface area contributed by atoms with Crippen molar-refractivity contribution in [2.45, 2.75) is 46.3 Å². The van der Waals surface area contributed by atoms with Crippen LogP contribution in [0.4, 0.5) is 0 Å². The van der Waals surface area contributed by atoms with E-state index in [2.05, 4.69) is 29.4 Å². The largest absolute Gasteiger partial charge is 0.491 e. The highest BCUT2D eigenvalue weighted by atomic mass is 16.5. The molecule has 1 atom stereocenters. The first-order valence-corrected chi connectivity index (χ1v) is 10.5. The first-order valence-electron chi connectivity index (χ1n) is 10.5. The van der Waals surface area contributed by atoms with Gasteiger partial charge in [-0.1, -0.05) is 13.8 Å². The number of hydrogen-bond donors (Lipinski definition) is 2. The number of benzene rings is 1. The Morgan fingerprint density at radius 2 is 1.72 bits per heavy atom. The summed E-state index contributed by atoms with van der Waals surface area (Å²) in [7, 11) is 0. The second-order valence-electron chi connectivity index (χ2n) is 8.11. The standard InChI is InChI=1S/C22H35N3O4/c1-16(2)13-19(25-9-11-28-12-10-25)14-23-21(26)15-24-22(27)18-5-7-20(8-6-18)29-17(3)4/h5-8,16-17,19H,9-15H2,1-4H3,(H,23,26)(H,24,27). The van der Waals surface area contributed by atoms with Gasteiger partial charge >= 0.3 is 0 Å². The van der Waals surface area contributed by atoms with Crippen molar-refractivity contribution in [3.63, 3.8) is 0 Å². The van der Waals surface area contributed by atoms with Crippen LogP contribution in [-0.4, -0.2) is 68.3 Å². The van der Waals surface area contributed by atoms with E-state index in [0.29, 0.717) is 23.8 Å². The highest BCUT2D eigenvalue weighted by Crippen LogP contribution is 2.14. The second kappa shape index (κ2) is 11.8. The molecule has 0 spiro atoms. The fraction of sp³-hybridized carbons (Fsp3) is 0.636. The highest BCUT2D eigenvalue weighted by molar-refractivity contribution is 5.96. The Morgan fingerprint density at radius 1 is 1.07 bits per heavy atom. The van der Waals surface area contributed by atoms with Gasteiger partial charge in [0.2, 0.25) is 5.91 Å². The van der Waals surface area contributed by atoms with Crippen LogP contribution in [-0.2, 0) is 9.53 Å². The summed E-state index contributed by atoms with van der Waals surface area (Å²) in [5.41, 5.74) is 0.500. The predicted molar refractivity (Wildman–Crippen MR) is 113 cm³/mol. The lowest BCUT2D eigenvalue weighted by Crippen LogP contribution is -2.50. The summed E-state index contributed by atoms with van der Waals surface area (Å²) < 4.78 is 11.0. The van der Waals surface area contributed by atoms with Gasteiger partial charge in [-0.3, -0.25) is 14.5 Å². The zero-order valence-corrected chi connectivity index (χ0v) is 18.1. The topological polar surface area (TPSA) is 79.9 Å². The van der Waals surface area contributed by atoms with E-state index in [1.165, 1.54) is 0 Å². The van der Waals surface area contributed by atoms with Crippen LogP contribution in [0.2, 0.25) is 0 Å². The number of nitrogens with zero attached hydrogens (tertiary/aromatic N) is 1. The van der Waals surface area contributed by atoms with E-state index < -0.39 is 0 Å². The first-order chi connectivity index (χ1) is 13.8. The third kappa shape index (κ3) is 8.41. The maximum absolute atomic E-state index is 12.3. The number of carbonyl (C=O) groups excluding carboxylic acids is 2. The molecule has 2 N–H and O–H groups in total. The van der Waals surface area contributed by atoms with Crippen LogP contribution in [0.3, 0.4) is 0 Å². The number of ether oxygens (including phenoxy) is 2. The van der Waals surface area contributed by atoms with Crippen LogP contribution in [0.25, 0.3) is 0 Å². The van der Waals surface area contributed by atoms with Gasteiger partial charge in [0.05, 0.1) is 25.9 Å². The summed E-state index contributed by atoms with van der Waals surface area (Å²) in [6.45, 7) is 12.1. The van der Waals surface area contributed by atoms with Gasteiger partial charge in [0.25, 0.3) is 5.91 Å². The summed E-state index contributed by atoms with van der Waals surface area (Å²) in [5, 5.41) is 5.64. The molecule has 7 nitrogen and oxygen atoms in total. The fourth-order valence-corrected chi connectivity index (χ4v) is 3.36. The zero-order chi connectivity index (χ0) is 21.2. The van der Waals surface area contributed by atoms with Gasteiger partial charge < -0.3 is 20.1 Å². The molecule has 0 saturated carbocycles. The number of morpholine rings is 1. The Kier molecular flexibility index (Phi) is 9.41. The van der Waals surface area contributed by atoms with E-state index in [-0.39, 0.29) is 30.5 Å². The molecule has 0 aromatic heterocycles. The lowest BCUT2D eigenvalue weighted by molar-refractivity contribution is -0.120. The zero-order valence-electron chi connectivity index (χ0n) is 18.1. The number of amides is 2. The lowest BCUT2D eigenvalue weighted by Gasteiger charge is -2.35. The van der Waals surface area contributed by atoms with E-state index in [9.17, 15) is 9.59 Å². The minimum absolute atomic E-state index is 0.0411. The highest BCUT2D eigenvalue weighted by Gasteiger charge is 2.22. The molecule has 1 unspecified atom stereocenters. The monoisotopic (exact) mass is 405 g/mol. The van der Waals surface area contributed by atoms with Gasteiger partial charge in [-0.25, -0.2) is 0 Å². The van der Waals surface area contributed by atoms with Gasteiger partial charge in [-0.2, -0.15) is 0 Å². The van der Waals surface area contributed by atoms with E-state index >= 15 is 0 Å². The Hall–Kier alpha value is -2.12. The molecule has 2 amide bonds. The third-order valence-corrected chi connectivity index (χ3v) is 4.74. The smallest absolute Gasteiger partial charge is 0.251 e. The van der Waals surface area contributed by atoms with Crippen LogP contribution in [0, 0.1) is 5.92 Å². The van der Waals surface area contributed by atoms with Crippen LogP contribution >= 0.6 is 0 Å². The molecule has 0 bridgehead atoms. The summed E-state index contributed by atoms with van der Waals surface area (Å²) in [5.74, 6) is 0.805. The van der Waals surface area contributed by atoms with Crippen molar-refractivity contribution in [2.24, 2.45) is 5.92 Å². The molecule has 2 rings (SSSR count). The number of rotatable bonds is 10. The lowest BCUT2D eigenvalue weighted by atomic mass is 10.0. The number of nitrogens with one attached hydrogen (secondary N) is 2. The van der Waals surface area contributed by atoms with Crippen molar-refractivity contribution in [3.8, 4) is 5.75 Å². The SMILES string of the molecule is CC(C)CC(CNC(=O)CNC(=O)c1ccc(OC(C)C)cc1)N1CCOCC1. The van der Waals surface area contributed by atoms with Crippen molar-refractivity contribution in [3.05, 3.63) is 29.8 Å². The summed E-state index contributed by atoms with van der Waals surface area (Å²) in [6, 6.07) is 7.19. The van der Waals surface area contributed by atoms with Gasteiger partial charge in [0.1, 0.15) is 5.75 Å². The first kappa shape index (κ1) is 23.2. The molecule has 1 aromatic carbocycles. The van der Waals surface area contributed by atoms with E-state index in [0.717, 1.165) is 32.7 Å². The van der Waals surface area contributed by atoms with Gasteiger partial charge in [0.15, 0.2) is 0 Å². The molecule has 1 aliphatic rings. The van der Waals surface area contributed by atoms with Gasteiger partial charge in [-0.05, 0) is 50.5 Å². The third-order valence-electron chi connectivity index (χ3n) is 4.74. The van der Waals surface area contributed by atoms with E-state index in [4.69, 9.17) is 9.47 Å². The van der Waals surface area contributed by atoms with E-state index in [1.807, 2.05) is 13.8 Å². The quantitative estimate of drug-likeness (QED) is 0.623. The number of hydrogen-bond acceptors (Lipinski definition) is 5. The molecule has 7 heteroatoms. The molecule has 1 saturated heterocycles. The molecule has 0 radical (unpaired) electrons. The minimum Gasteiger partial charge on any atom is -0.491 e. The van der Waals surface area contributed by atoms with E-state index in [1.54, 1.807) is 24.3 Å². The molecule has 1 fully saturated rings. The maximum Gasteiger partial charge on any atom is 0.251 e. The molecule has 0 aliphatic carbocycles. The summed E-state index contributed by atoms with van der Waals surface area (Å²) in [4.78, 5) is 26.9. The summed E-state index contributed by atoms with van der Waals surface area (Å²) in [6.07, 6.45) is 1.09. The molecule has 29 heavy (non-hydrogen) atoms. The van der Waals surface area contributed by atoms with Crippen LogP contribution in [0.15, 0.2) is 24.3 Å². The molecular formula is C22H35N3O4. The normalized spacial score (nSPS) is 15.9. The van der Waals surface area contributed by atoms with Gasteiger partial charge in [-0.15, -0.1) is 0 Å². The predicted octanol–water partition coefficient (Wildman–Crippen LogP) is 2.07. The molecule has 1 aliphatic heterocycles. The maximum atomic E-state index is 12.3. The van der Waals surface area contributed by atoms with Crippen LogP contribution in [0.1, 0.15) is 44.5 Å². The van der Waals surface area contributed by atoms with Crippen molar-refractivity contribution in [1.29, 1.82) is 0 Å². The van der Waals surface area contributed by atoms with Gasteiger partial charge in [0, 0.05) is 31.2 Å². The molecule has 162 valence electrons. The van der Waals surface area contributed by atoms with Crippen LogP contribution < -0.4 is 15.4 Å². The fourth-order valence-electron chi connectivity index (χ4n) is 3.36. The average molecular weight is 406 g/mol.